The van der Waals surface area contributed by atoms with E-state index in [0.717, 1.165) is 28.7 Å². The van der Waals surface area contributed by atoms with E-state index in [0.29, 0.717) is 13.0 Å². The number of allylic oxidation sites excluding steroid dienone is 4. The Morgan fingerprint density at radius 1 is 1.56 bits per heavy atom. The van der Waals surface area contributed by atoms with Crippen molar-refractivity contribution in [1.29, 1.82) is 5.26 Å². The lowest BCUT2D eigenvalue weighted by Gasteiger charge is -2.01. The van der Waals surface area contributed by atoms with Crippen LogP contribution in [0.4, 0.5) is 0 Å². The van der Waals surface area contributed by atoms with Gasteiger partial charge in [-0.15, -0.1) is 0 Å². The molecule has 0 amide bonds. The van der Waals surface area contributed by atoms with Gasteiger partial charge in [0.15, 0.2) is 0 Å². The lowest BCUT2D eigenvalue weighted by molar-refractivity contribution is -0.142. The molecule has 3 nitrogen and oxygen atoms in total. The van der Waals surface area contributed by atoms with E-state index in [1.807, 2.05) is 29.7 Å². The summed E-state index contributed by atoms with van der Waals surface area (Å²) in [5.41, 5.74) is 0.934. The van der Waals surface area contributed by atoms with Crippen LogP contribution in [0.15, 0.2) is 34.8 Å². The number of rotatable bonds is 4. The van der Waals surface area contributed by atoms with E-state index in [-0.39, 0.29) is 5.97 Å². The zero-order chi connectivity index (χ0) is 11.8. The molecule has 1 aliphatic carbocycles. The van der Waals surface area contributed by atoms with Gasteiger partial charge in [-0.1, -0.05) is 18.2 Å². The van der Waals surface area contributed by atoms with Crippen LogP contribution >= 0.6 is 11.8 Å². The van der Waals surface area contributed by atoms with Crippen molar-refractivity contribution >= 4 is 17.7 Å². The molecule has 0 unspecified atom stereocenters. The fourth-order valence-electron chi connectivity index (χ4n) is 1.29. The maximum atomic E-state index is 11.3. The van der Waals surface area contributed by atoms with Crippen molar-refractivity contribution in [3.05, 3.63) is 34.8 Å². The largest absolute Gasteiger partial charge is 0.466 e. The standard InChI is InChI=1S/C12H13NO2S/c1-2-15-12(14)8-10-4-3-5-11(7-6-10)16-9-13/h4-7H,2-3,8H2,1H3. The average Bonchev–Trinajstić information content (AvgIpc) is 2.45. The normalized spacial score (nSPS) is 14.5. The molecule has 0 aliphatic heterocycles. The van der Waals surface area contributed by atoms with E-state index in [1.54, 1.807) is 6.92 Å². The van der Waals surface area contributed by atoms with Crippen molar-refractivity contribution < 1.29 is 9.53 Å². The molecule has 0 aromatic carbocycles. The van der Waals surface area contributed by atoms with Gasteiger partial charge in [-0.25, -0.2) is 0 Å². The first-order valence-corrected chi connectivity index (χ1v) is 5.86. The topological polar surface area (TPSA) is 50.1 Å². The molecule has 0 aromatic rings. The van der Waals surface area contributed by atoms with E-state index in [4.69, 9.17) is 10.00 Å². The van der Waals surface area contributed by atoms with Crippen LogP contribution in [0.3, 0.4) is 0 Å². The molecular weight excluding hydrogens is 222 g/mol. The second-order valence-electron chi connectivity index (χ2n) is 3.13. The smallest absolute Gasteiger partial charge is 0.310 e. The predicted octanol–water partition coefficient (Wildman–Crippen LogP) is 2.92. The number of carbonyl (C=O) groups excluding carboxylic acids is 1. The molecule has 0 spiro atoms. The molecule has 1 rings (SSSR count). The Morgan fingerprint density at radius 3 is 3.06 bits per heavy atom. The Bertz CT molecular complexity index is 388. The molecule has 0 heterocycles. The third kappa shape index (κ3) is 4.37. The van der Waals surface area contributed by atoms with Crippen LogP contribution in [0.2, 0.25) is 0 Å². The summed E-state index contributed by atoms with van der Waals surface area (Å²) in [5.74, 6) is -0.213. The summed E-state index contributed by atoms with van der Waals surface area (Å²) < 4.78 is 4.87. The number of nitrogens with zero attached hydrogens (tertiary/aromatic N) is 1. The Labute approximate surface area is 99.5 Å². The second kappa shape index (κ2) is 6.91. The van der Waals surface area contributed by atoms with Gasteiger partial charge in [0.2, 0.25) is 0 Å². The first-order valence-electron chi connectivity index (χ1n) is 5.05. The van der Waals surface area contributed by atoms with Crippen molar-refractivity contribution in [2.24, 2.45) is 0 Å². The van der Waals surface area contributed by atoms with Crippen molar-refractivity contribution in [2.45, 2.75) is 19.8 Å². The van der Waals surface area contributed by atoms with Crippen LogP contribution in [0.1, 0.15) is 19.8 Å². The van der Waals surface area contributed by atoms with Crippen molar-refractivity contribution in [3.63, 3.8) is 0 Å². The van der Waals surface area contributed by atoms with Gasteiger partial charge in [-0.2, -0.15) is 5.26 Å². The average molecular weight is 235 g/mol. The molecule has 0 N–H and O–H groups in total. The molecule has 0 saturated carbocycles. The molecule has 0 fully saturated rings. The predicted molar refractivity (Wildman–Crippen MR) is 64.4 cm³/mol. The van der Waals surface area contributed by atoms with Gasteiger partial charge >= 0.3 is 5.97 Å². The molecular formula is C12H13NO2S. The minimum Gasteiger partial charge on any atom is -0.466 e. The summed E-state index contributed by atoms with van der Waals surface area (Å²) >= 11 is 1.13. The number of thiocyanates is 1. The highest BCUT2D eigenvalue weighted by atomic mass is 32.2. The zero-order valence-electron chi connectivity index (χ0n) is 9.10. The van der Waals surface area contributed by atoms with Crippen molar-refractivity contribution in [2.75, 3.05) is 6.61 Å². The number of thioether (sulfide) groups is 1. The summed E-state index contributed by atoms with van der Waals surface area (Å²) in [7, 11) is 0. The molecule has 0 saturated heterocycles. The second-order valence-corrected chi connectivity index (χ2v) is 3.99. The van der Waals surface area contributed by atoms with Crippen LogP contribution in [0.25, 0.3) is 0 Å². The number of esters is 1. The van der Waals surface area contributed by atoms with Gasteiger partial charge in [0.1, 0.15) is 5.40 Å². The number of hydrogen-bond acceptors (Lipinski definition) is 4. The number of nitriles is 1. The Hall–Kier alpha value is -1.47. The Balaban J connectivity index is 2.54. The molecule has 1 aliphatic rings. The summed E-state index contributed by atoms with van der Waals surface area (Å²) in [5, 5.41) is 10.6. The molecule has 16 heavy (non-hydrogen) atoms. The van der Waals surface area contributed by atoms with E-state index in [1.165, 1.54) is 0 Å². The molecule has 0 radical (unpaired) electrons. The summed E-state index contributed by atoms with van der Waals surface area (Å²) in [6.07, 6.45) is 8.68. The van der Waals surface area contributed by atoms with Crippen LogP contribution in [0, 0.1) is 10.7 Å². The van der Waals surface area contributed by atoms with E-state index >= 15 is 0 Å². The number of carbonyl (C=O) groups is 1. The lowest BCUT2D eigenvalue weighted by Crippen LogP contribution is -2.04. The molecule has 4 heteroatoms. The minimum absolute atomic E-state index is 0.213. The third-order valence-electron chi connectivity index (χ3n) is 1.98. The lowest BCUT2D eigenvalue weighted by atomic mass is 10.1. The monoisotopic (exact) mass is 235 g/mol. The van der Waals surface area contributed by atoms with Gasteiger partial charge in [0.05, 0.1) is 13.0 Å². The summed E-state index contributed by atoms with van der Waals surface area (Å²) in [6, 6.07) is 0. The first-order chi connectivity index (χ1) is 7.76. The van der Waals surface area contributed by atoms with Crippen LogP contribution in [-0.4, -0.2) is 12.6 Å². The summed E-state index contributed by atoms with van der Waals surface area (Å²) in [4.78, 5) is 12.2. The van der Waals surface area contributed by atoms with Crippen LogP contribution < -0.4 is 0 Å². The molecule has 0 bridgehead atoms. The van der Waals surface area contributed by atoms with Crippen LogP contribution in [0.5, 0.6) is 0 Å². The fraction of sp³-hybridized carbons (Fsp3) is 0.333. The highest BCUT2D eigenvalue weighted by molar-refractivity contribution is 8.07. The van der Waals surface area contributed by atoms with E-state index < -0.39 is 0 Å². The maximum Gasteiger partial charge on any atom is 0.310 e. The van der Waals surface area contributed by atoms with Crippen molar-refractivity contribution in [3.8, 4) is 5.40 Å². The van der Waals surface area contributed by atoms with Gasteiger partial charge in [0.25, 0.3) is 0 Å². The van der Waals surface area contributed by atoms with Crippen LogP contribution in [-0.2, 0) is 9.53 Å². The first kappa shape index (κ1) is 12.6. The van der Waals surface area contributed by atoms with Gasteiger partial charge < -0.3 is 4.74 Å². The van der Waals surface area contributed by atoms with E-state index in [9.17, 15) is 4.79 Å². The Kier molecular flexibility index (Phi) is 5.44. The number of hydrogen-bond donors (Lipinski definition) is 0. The quantitative estimate of drug-likeness (QED) is 0.555. The molecule has 0 aromatic heterocycles. The number of ether oxygens (including phenoxy) is 1. The SMILES string of the molecule is CCOC(=O)CC1=CCC=C(SC#N)C=C1. The molecule has 84 valence electrons. The third-order valence-corrected chi connectivity index (χ3v) is 2.61. The highest BCUT2D eigenvalue weighted by Crippen LogP contribution is 2.21. The van der Waals surface area contributed by atoms with Crippen molar-refractivity contribution in [1.82, 2.24) is 0 Å². The van der Waals surface area contributed by atoms with E-state index in [2.05, 4.69) is 0 Å². The Morgan fingerprint density at radius 2 is 2.38 bits per heavy atom. The van der Waals surface area contributed by atoms with Gasteiger partial charge in [0, 0.05) is 4.91 Å². The zero-order valence-corrected chi connectivity index (χ0v) is 9.92. The maximum absolute atomic E-state index is 11.3. The highest BCUT2D eigenvalue weighted by Gasteiger charge is 2.06. The summed E-state index contributed by atoms with van der Waals surface area (Å²) in [6.45, 7) is 2.20. The minimum atomic E-state index is -0.213. The fourth-order valence-corrected chi connectivity index (χ4v) is 1.71. The van der Waals surface area contributed by atoms with Gasteiger partial charge in [-0.3, -0.25) is 4.79 Å². The molecule has 0 atom stereocenters. The van der Waals surface area contributed by atoms with Gasteiger partial charge in [-0.05, 0) is 36.8 Å².